The Kier molecular flexibility index (Phi) is 7.14. The minimum Gasteiger partial charge on any atom is -0.465 e. The quantitative estimate of drug-likeness (QED) is 0.728. The van der Waals surface area contributed by atoms with Gasteiger partial charge in [0.15, 0.2) is 0 Å². The maximum absolute atomic E-state index is 12.7. The molecule has 0 atom stereocenters. The summed E-state index contributed by atoms with van der Waals surface area (Å²) < 4.78 is 4.69. The van der Waals surface area contributed by atoms with Gasteiger partial charge in [-0.25, -0.2) is 4.79 Å². The van der Waals surface area contributed by atoms with Gasteiger partial charge in [0, 0.05) is 30.7 Å². The number of ether oxygens (including phenoxy) is 1. The number of esters is 1. The molecule has 1 N–H and O–H groups in total. The molecule has 0 aliphatic heterocycles. The van der Waals surface area contributed by atoms with Crippen LogP contribution in [0.5, 0.6) is 0 Å². The van der Waals surface area contributed by atoms with Gasteiger partial charge in [0.2, 0.25) is 0 Å². The summed E-state index contributed by atoms with van der Waals surface area (Å²) in [6.45, 7) is 5.56. The topological polar surface area (TPSA) is 71.5 Å². The predicted octanol–water partition coefficient (Wildman–Crippen LogP) is 3.87. The molecule has 0 unspecified atom stereocenters. The van der Waals surface area contributed by atoms with Crippen LogP contribution in [0.1, 0.15) is 47.5 Å². The fraction of sp³-hybridized carbons (Fsp3) is 0.350. The highest BCUT2D eigenvalue weighted by Gasteiger charge is 2.16. The molecule has 0 aliphatic carbocycles. The van der Waals surface area contributed by atoms with E-state index in [4.69, 9.17) is 0 Å². The van der Waals surface area contributed by atoms with Crippen LogP contribution < -0.4 is 5.32 Å². The van der Waals surface area contributed by atoms with Gasteiger partial charge < -0.3 is 15.0 Å². The monoisotopic (exact) mass is 355 g/mol. The summed E-state index contributed by atoms with van der Waals surface area (Å²) in [5.74, 6) is -0.432. The predicted molar refractivity (Wildman–Crippen MR) is 102 cm³/mol. The van der Waals surface area contributed by atoms with E-state index in [1.807, 2.05) is 4.90 Å². The van der Waals surface area contributed by atoms with Gasteiger partial charge in [-0.15, -0.1) is 0 Å². The summed E-state index contributed by atoms with van der Waals surface area (Å²) in [6.07, 6.45) is 3.45. The van der Waals surface area contributed by atoms with Gasteiger partial charge in [-0.3, -0.25) is 9.78 Å². The molecule has 0 saturated heterocycles. The molecule has 0 fully saturated rings. The van der Waals surface area contributed by atoms with Crippen LogP contribution in [0.25, 0.3) is 0 Å². The highest BCUT2D eigenvalue weighted by molar-refractivity contribution is 5.93. The summed E-state index contributed by atoms with van der Waals surface area (Å²) in [4.78, 5) is 30.2. The van der Waals surface area contributed by atoms with Crippen LogP contribution in [-0.4, -0.2) is 42.0 Å². The Morgan fingerprint density at radius 3 is 2.27 bits per heavy atom. The molecule has 0 bridgehead atoms. The second kappa shape index (κ2) is 9.56. The third-order valence-corrected chi connectivity index (χ3v) is 3.85. The number of amides is 1. The van der Waals surface area contributed by atoms with Crippen molar-refractivity contribution in [2.24, 2.45) is 0 Å². The molecule has 0 spiro atoms. The smallest absolute Gasteiger partial charge is 0.337 e. The zero-order valence-electron chi connectivity index (χ0n) is 15.5. The number of hydrogen-bond acceptors (Lipinski definition) is 5. The van der Waals surface area contributed by atoms with Crippen molar-refractivity contribution in [2.45, 2.75) is 26.7 Å². The minimum absolute atomic E-state index is 0.0570. The number of nitrogens with zero attached hydrogens (tertiary/aromatic N) is 2. The molecule has 6 nitrogen and oxygen atoms in total. The van der Waals surface area contributed by atoms with Crippen molar-refractivity contribution >= 4 is 23.3 Å². The lowest BCUT2D eigenvalue weighted by Crippen LogP contribution is -2.33. The average molecular weight is 355 g/mol. The fourth-order valence-electron chi connectivity index (χ4n) is 2.62. The van der Waals surface area contributed by atoms with Gasteiger partial charge in [0.1, 0.15) is 5.69 Å². The molecule has 2 rings (SSSR count). The first-order chi connectivity index (χ1) is 12.6. The number of nitrogens with one attached hydrogen (secondary N) is 1. The van der Waals surface area contributed by atoms with Crippen molar-refractivity contribution < 1.29 is 14.3 Å². The molecule has 2 aromatic rings. The van der Waals surface area contributed by atoms with E-state index in [0.29, 0.717) is 11.3 Å². The Balaban J connectivity index is 2.13. The van der Waals surface area contributed by atoms with E-state index in [0.717, 1.165) is 37.3 Å². The Bertz CT molecular complexity index is 738. The van der Waals surface area contributed by atoms with E-state index >= 15 is 0 Å². The van der Waals surface area contributed by atoms with Crippen LogP contribution in [-0.2, 0) is 4.74 Å². The molecule has 1 aromatic carbocycles. The van der Waals surface area contributed by atoms with Gasteiger partial charge in [-0.2, -0.15) is 0 Å². The molecule has 1 aromatic heterocycles. The van der Waals surface area contributed by atoms with E-state index in [-0.39, 0.29) is 11.9 Å². The number of benzene rings is 1. The number of methoxy groups -OCH3 is 1. The first-order valence-corrected chi connectivity index (χ1v) is 8.79. The molecule has 26 heavy (non-hydrogen) atoms. The Morgan fingerprint density at radius 2 is 1.69 bits per heavy atom. The third kappa shape index (κ3) is 5.05. The SMILES string of the molecule is CCCN(CCC)C(=O)c1cc(Nc2ccc(C(=O)OC)cc2)ccn1. The zero-order chi connectivity index (χ0) is 18.9. The standard InChI is InChI=1S/C20H25N3O3/c1-4-12-23(13-5-2)19(24)18-14-17(10-11-21-18)22-16-8-6-15(7-9-16)20(25)26-3/h6-11,14H,4-5,12-13H2,1-3H3,(H,21,22). The van der Waals surface area contributed by atoms with Gasteiger partial charge >= 0.3 is 5.97 Å². The fourth-order valence-corrected chi connectivity index (χ4v) is 2.62. The van der Waals surface area contributed by atoms with E-state index < -0.39 is 0 Å². The van der Waals surface area contributed by atoms with E-state index in [2.05, 4.69) is 28.9 Å². The van der Waals surface area contributed by atoms with Crippen LogP contribution >= 0.6 is 0 Å². The van der Waals surface area contributed by atoms with Gasteiger partial charge in [-0.1, -0.05) is 13.8 Å². The molecule has 1 amide bonds. The van der Waals surface area contributed by atoms with Gasteiger partial charge in [0.05, 0.1) is 12.7 Å². The summed E-state index contributed by atoms with van der Waals surface area (Å²) in [7, 11) is 1.35. The molecule has 1 heterocycles. The van der Waals surface area contributed by atoms with Crippen molar-refractivity contribution in [3.63, 3.8) is 0 Å². The Hall–Kier alpha value is -2.89. The maximum Gasteiger partial charge on any atom is 0.337 e. The van der Waals surface area contributed by atoms with Crippen LogP contribution in [0, 0.1) is 0 Å². The van der Waals surface area contributed by atoms with E-state index in [1.54, 1.807) is 42.6 Å². The minimum atomic E-state index is -0.375. The first kappa shape index (κ1) is 19.4. The molecule has 6 heteroatoms. The van der Waals surface area contributed by atoms with Crippen molar-refractivity contribution in [1.82, 2.24) is 9.88 Å². The largest absolute Gasteiger partial charge is 0.465 e. The van der Waals surface area contributed by atoms with Crippen molar-refractivity contribution in [3.8, 4) is 0 Å². The summed E-state index contributed by atoms with van der Waals surface area (Å²) >= 11 is 0. The van der Waals surface area contributed by atoms with E-state index in [9.17, 15) is 9.59 Å². The Morgan fingerprint density at radius 1 is 1.04 bits per heavy atom. The number of carbonyl (C=O) groups is 2. The number of aromatic nitrogens is 1. The van der Waals surface area contributed by atoms with Crippen LogP contribution in [0.15, 0.2) is 42.6 Å². The van der Waals surface area contributed by atoms with E-state index in [1.165, 1.54) is 7.11 Å². The average Bonchev–Trinajstić information content (AvgIpc) is 2.67. The maximum atomic E-state index is 12.7. The molecule has 0 radical (unpaired) electrons. The molecule has 0 saturated carbocycles. The molecule has 0 aliphatic rings. The molecule has 138 valence electrons. The van der Waals surface area contributed by atoms with Crippen LogP contribution in [0.4, 0.5) is 11.4 Å². The van der Waals surface area contributed by atoms with Crippen molar-refractivity contribution in [2.75, 3.05) is 25.5 Å². The second-order valence-corrected chi connectivity index (χ2v) is 5.92. The summed E-state index contributed by atoms with van der Waals surface area (Å²) in [5.41, 5.74) is 2.48. The van der Waals surface area contributed by atoms with Crippen LogP contribution in [0.2, 0.25) is 0 Å². The number of pyridine rings is 1. The lowest BCUT2D eigenvalue weighted by molar-refractivity contribution is 0.0600. The molecular formula is C20H25N3O3. The third-order valence-electron chi connectivity index (χ3n) is 3.85. The number of rotatable bonds is 8. The first-order valence-electron chi connectivity index (χ1n) is 8.79. The number of hydrogen-bond donors (Lipinski definition) is 1. The van der Waals surface area contributed by atoms with Gasteiger partial charge in [0.25, 0.3) is 5.91 Å². The molecular weight excluding hydrogens is 330 g/mol. The second-order valence-electron chi connectivity index (χ2n) is 5.92. The normalized spacial score (nSPS) is 10.3. The number of anilines is 2. The highest BCUT2D eigenvalue weighted by Crippen LogP contribution is 2.18. The summed E-state index contributed by atoms with van der Waals surface area (Å²) in [5, 5.41) is 3.22. The van der Waals surface area contributed by atoms with Gasteiger partial charge in [-0.05, 0) is 49.2 Å². The highest BCUT2D eigenvalue weighted by atomic mass is 16.5. The number of carbonyl (C=O) groups excluding carboxylic acids is 2. The lowest BCUT2D eigenvalue weighted by Gasteiger charge is -2.21. The lowest BCUT2D eigenvalue weighted by atomic mass is 10.2. The summed E-state index contributed by atoms with van der Waals surface area (Å²) in [6, 6.07) is 10.5. The van der Waals surface area contributed by atoms with Crippen molar-refractivity contribution in [1.29, 1.82) is 0 Å². The Labute approximate surface area is 154 Å². The van der Waals surface area contributed by atoms with Crippen molar-refractivity contribution in [3.05, 3.63) is 53.9 Å². The van der Waals surface area contributed by atoms with Crippen LogP contribution in [0.3, 0.4) is 0 Å². The zero-order valence-corrected chi connectivity index (χ0v) is 15.5.